The summed E-state index contributed by atoms with van der Waals surface area (Å²) < 4.78 is 19.3. The van der Waals surface area contributed by atoms with E-state index in [1.54, 1.807) is 6.92 Å². The van der Waals surface area contributed by atoms with Gasteiger partial charge in [-0.15, -0.1) is 0 Å². The minimum Gasteiger partial charge on any atom is -0.455 e. The lowest BCUT2D eigenvalue weighted by molar-refractivity contribution is -0.156. The molecule has 0 spiro atoms. The molecule has 0 fully saturated rings. The Kier molecular flexibility index (Phi) is 7.98. The van der Waals surface area contributed by atoms with E-state index in [4.69, 9.17) is 13.3 Å². The van der Waals surface area contributed by atoms with E-state index in [0.29, 0.717) is 0 Å². The molecular formula is C12H18O8Si. The maximum absolute atomic E-state index is 11.6. The van der Waals surface area contributed by atoms with E-state index < -0.39 is 39.3 Å². The van der Waals surface area contributed by atoms with E-state index in [0.717, 1.165) is 19.9 Å². The summed E-state index contributed by atoms with van der Waals surface area (Å²) in [5, 5.41) is 0. The van der Waals surface area contributed by atoms with E-state index in [-0.39, 0.29) is 6.04 Å². The molecule has 0 heterocycles. The molecule has 0 unspecified atom stereocenters. The zero-order valence-electron chi connectivity index (χ0n) is 12.3. The molecule has 0 aliphatic heterocycles. The zero-order chi connectivity index (χ0) is 16.5. The second-order valence-electron chi connectivity index (χ2n) is 3.81. The number of hydrogen-bond donors (Lipinski definition) is 0. The predicted molar refractivity (Wildman–Crippen MR) is 71.6 cm³/mol. The lowest BCUT2D eigenvalue weighted by Crippen LogP contribution is -2.49. The summed E-state index contributed by atoms with van der Waals surface area (Å²) in [6.45, 7) is 4.66. The van der Waals surface area contributed by atoms with Crippen LogP contribution in [0.4, 0.5) is 0 Å². The largest absolute Gasteiger partial charge is 0.704 e. The van der Waals surface area contributed by atoms with Gasteiger partial charge in [0.1, 0.15) is 0 Å². The van der Waals surface area contributed by atoms with Crippen molar-refractivity contribution in [1.82, 2.24) is 0 Å². The van der Waals surface area contributed by atoms with E-state index in [1.165, 1.54) is 13.0 Å². The van der Waals surface area contributed by atoms with Crippen molar-refractivity contribution < 1.29 is 37.2 Å². The minimum absolute atomic E-state index is 0.0146. The first-order chi connectivity index (χ1) is 9.74. The second-order valence-corrected chi connectivity index (χ2v) is 6.49. The van der Waals surface area contributed by atoms with Gasteiger partial charge >= 0.3 is 20.7 Å². The Labute approximate surface area is 123 Å². The van der Waals surface area contributed by atoms with Crippen LogP contribution in [0, 0.1) is 0 Å². The zero-order valence-corrected chi connectivity index (χ0v) is 13.3. The molecule has 0 amide bonds. The molecule has 0 aromatic rings. The lowest BCUT2D eigenvalue weighted by atomic mass is 10.5. The molecule has 0 saturated heterocycles. The van der Waals surface area contributed by atoms with Crippen molar-refractivity contribution in [3.8, 4) is 0 Å². The van der Waals surface area contributed by atoms with Gasteiger partial charge in [-0.3, -0.25) is 9.59 Å². The molecule has 0 aromatic carbocycles. The van der Waals surface area contributed by atoms with Gasteiger partial charge in [-0.1, -0.05) is 13.0 Å². The first-order valence-electron chi connectivity index (χ1n) is 6.15. The number of ether oxygens (including phenoxy) is 1. The maximum atomic E-state index is 11.6. The van der Waals surface area contributed by atoms with Crippen LogP contribution in [0.25, 0.3) is 0 Å². The van der Waals surface area contributed by atoms with Crippen molar-refractivity contribution in [2.45, 2.75) is 33.7 Å². The lowest BCUT2D eigenvalue weighted by Gasteiger charge is -2.25. The van der Waals surface area contributed by atoms with Gasteiger partial charge in [0, 0.05) is 19.9 Å². The first kappa shape index (κ1) is 18.8. The molecule has 8 nitrogen and oxygen atoms in total. The summed E-state index contributed by atoms with van der Waals surface area (Å²) in [6, 6.07) is 0.0146. The molecule has 0 aliphatic rings. The fourth-order valence-electron chi connectivity index (χ4n) is 1.23. The monoisotopic (exact) mass is 318 g/mol. The number of carbonyl (C=O) groups is 4. The molecule has 0 rings (SSSR count). The first-order valence-corrected chi connectivity index (χ1v) is 8.08. The van der Waals surface area contributed by atoms with E-state index in [1.807, 2.05) is 0 Å². The quantitative estimate of drug-likeness (QED) is 0.384. The van der Waals surface area contributed by atoms with Crippen molar-refractivity contribution in [2.24, 2.45) is 0 Å². The van der Waals surface area contributed by atoms with Crippen LogP contribution in [0.15, 0.2) is 12.2 Å². The van der Waals surface area contributed by atoms with Crippen LogP contribution in [0.3, 0.4) is 0 Å². The number of hydrogen-bond acceptors (Lipinski definition) is 8. The van der Waals surface area contributed by atoms with Crippen LogP contribution in [0.1, 0.15) is 27.7 Å². The number of allylic oxidation sites excluding steroid dienone is 1. The van der Waals surface area contributed by atoms with E-state index in [2.05, 4.69) is 4.74 Å². The summed E-state index contributed by atoms with van der Waals surface area (Å²) in [7, 11) is -3.81. The van der Waals surface area contributed by atoms with E-state index >= 15 is 0 Å². The molecule has 0 atom stereocenters. The summed E-state index contributed by atoms with van der Waals surface area (Å²) in [5.41, 5.74) is 0. The van der Waals surface area contributed by atoms with Gasteiger partial charge < -0.3 is 18.0 Å². The third-order valence-electron chi connectivity index (χ3n) is 1.94. The third kappa shape index (κ3) is 7.87. The van der Waals surface area contributed by atoms with Gasteiger partial charge in [0.2, 0.25) is 0 Å². The third-order valence-corrected chi connectivity index (χ3v) is 4.54. The van der Waals surface area contributed by atoms with Crippen molar-refractivity contribution in [1.29, 1.82) is 0 Å². The molecular weight excluding hydrogens is 300 g/mol. The summed E-state index contributed by atoms with van der Waals surface area (Å²) in [5.74, 6) is -3.19. The van der Waals surface area contributed by atoms with Crippen molar-refractivity contribution in [3.05, 3.63) is 12.2 Å². The van der Waals surface area contributed by atoms with E-state index in [9.17, 15) is 19.2 Å². The topological polar surface area (TPSA) is 105 Å². The number of carbonyl (C=O) groups excluding carboxylic acids is 4. The molecule has 9 heteroatoms. The molecule has 0 N–H and O–H groups in total. The van der Waals surface area contributed by atoms with Crippen molar-refractivity contribution in [3.63, 3.8) is 0 Å². The van der Waals surface area contributed by atoms with Gasteiger partial charge in [0.05, 0.1) is 6.04 Å². The predicted octanol–water partition coefficient (Wildman–Crippen LogP) is 0.734. The SMILES string of the molecule is CC=CC(=O)OCC(=O)O[Si](CC)(OC(C)=O)OC(C)=O. The Morgan fingerprint density at radius 1 is 1.00 bits per heavy atom. The highest BCUT2D eigenvalue weighted by atomic mass is 28.4. The average molecular weight is 318 g/mol. The van der Waals surface area contributed by atoms with Crippen molar-refractivity contribution in [2.75, 3.05) is 6.61 Å². The number of esters is 1. The highest BCUT2D eigenvalue weighted by molar-refractivity contribution is 6.65. The Hall–Kier alpha value is -2.16. The molecule has 0 saturated carbocycles. The molecule has 0 aliphatic carbocycles. The minimum atomic E-state index is -3.81. The Morgan fingerprint density at radius 2 is 1.52 bits per heavy atom. The molecule has 118 valence electrons. The average Bonchev–Trinajstić information content (AvgIpc) is 2.35. The maximum Gasteiger partial charge on any atom is 0.704 e. The highest BCUT2D eigenvalue weighted by Crippen LogP contribution is 2.16. The van der Waals surface area contributed by atoms with Gasteiger partial charge in [-0.25, -0.2) is 9.59 Å². The van der Waals surface area contributed by atoms with Crippen LogP contribution in [0.5, 0.6) is 0 Å². The Bertz CT molecular complexity index is 427. The standard InChI is InChI=1S/C12H18O8Si/c1-5-7-11(15)17-8-12(16)20-21(6-2,18-9(3)13)19-10(4)14/h5,7H,6,8H2,1-4H3. The van der Waals surface area contributed by atoms with Crippen LogP contribution < -0.4 is 0 Å². The Balaban J connectivity index is 4.78. The fraction of sp³-hybridized carbons (Fsp3) is 0.500. The van der Waals surface area contributed by atoms with Gasteiger partial charge in [-0.05, 0) is 6.92 Å². The van der Waals surface area contributed by atoms with Crippen molar-refractivity contribution >= 4 is 32.7 Å². The second kappa shape index (κ2) is 8.90. The van der Waals surface area contributed by atoms with Gasteiger partial charge in [0.15, 0.2) is 6.61 Å². The smallest absolute Gasteiger partial charge is 0.455 e. The van der Waals surface area contributed by atoms with Crippen LogP contribution in [-0.4, -0.2) is 39.3 Å². The van der Waals surface area contributed by atoms with Crippen LogP contribution in [-0.2, 0) is 37.2 Å². The normalized spacial score (nSPS) is 10.9. The van der Waals surface area contributed by atoms with Crippen LogP contribution >= 0.6 is 0 Å². The molecule has 21 heavy (non-hydrogen) atoms. The molecule has 0 radical (unpaired) electrons. The molecule has 0 bridgehead atoms. The summed E-state index contributed by atoms with van der Waals surface area (Å²) in [6.07, 6.45) is 2.56. The van der Waals surface area contributed by atoms with Gasteiger partial charge in [-0.2, -0.15) is 0 Å². The van der Waals surface area contributed by atoms with Gasteiger partial charge in [0.25, 0.3) is 11.9 Å². The highest BCUT2D eigenvalue weighted by Gasteiger charge is 2.50. The number of rotatable bonds is 7. The Morgan fingerprint density at radius 3 is 1.90 bits per heavy atom. The fourth-order valence-corrected chi connectivity index (χ4v) is 3.07. The van der Waals surface area contributed by atoms with Crippen LogP contribution in [0.2, 0.25) is 6.04 Å². The summed E-state index contributed by atoms with van der Waals surface area (Å²) >= 11 is 0. The molecule has 0 aromatic heterocycles. The summed E-state index contributed by atoms with van der Waals surface area (Å²) in [4.78, 5) is 44.8.